The van der Waals surface area contributed by atoms with Crippen molar-refractivity contribution in [3.05, 3.63) is 39.9 Å². The molecule has 1 aliphatic rings. The number of amidine groups is 2. The number of thiazole rings is 1. The van der Waals surface area contributed by atoms with E-state index in [9.17, 15) is 4.79 Å². The Balaban J connectivity index is 1.50. The van der Waals surface area contributed by atoms with E-state index in [1.165, 1.54) is 17.5 Å². The molecule has 1 aromatic carbocycles. The molecule has 0 spiro atoms. The molecule has 9 nitrogen and oxygen atoms in total. The Kier molecular flexibility index (Phi) is 9.85. The average molecular weight is 502 g/mol. The summed E-state index contributed by atoms with van der Waals surface area (Å²) in [5.41, 5.74) is 1.49. The van der Waals surface area contributed by atoms with Crippen molar-refractivity contribution in [2.45, 2.75) is 26.4 Å². The van der Waals surface area contributed by atoms with Crippen molar-refractivity contribution >= 4 is 51.3 Å². The third kappa shape index (κ3) is 7.81. The SMILES string of the molecule is C#CCOCCNCCN=C1CC(Nc2ncc(C(=O)Nc3c(C)cccc3Cl)s2)=NC(C)N1. The van der Waals surface area contributed by atoms with Gasteiger partial charge in [-0.15, -0.1) is 6.42 Å². The van der Waals surface area contributed by atoms with Crippen LogP contribution in [0.15, 0.2) is 34.4 Å². The number of hydrogen-bond acceptors (Lipinski definition) is 8. The van der Waals surface area contributed by atoms with Crippen molar-refractivity contribution in [3.63, 3.8) is 0 Å². The zero-order valence-electron chi connectivity index (χ0n) is 19.2. The van der Waals surface area contributed by atoms with Crippen molar-refractivity contribution in [1.82, 2.24) is 15.6 Å². The molecule has 1 aliphatic heterocycles. The molecule has 2 aromatic rings. The Morgan fingerprint density at radius 2 is 2.29 bits per heavy atom. The molecule has 0 bridgehead atoms. The van der Waals surface area contributed by atoms with Gasteiger partial charge in [-0.25, -0.2) is 9.98 Å². The molecule has 0 saturated carbocycles. The van der Waals surface area contributed by atoms with E-state index in [2.05, 4.69) is 42.2 Å². The Labute approximate surface area is 208 Å². The molecule has 1 atom stereocenters. The standard InChI is InChI=1S/C23H28ClN7O2S/c1-4-11-33-12-10-25-8-9-26-19-13-20(29-16(3)28-19)30-23-27-14-18(34-23)22(32)31-21-15(2)6-5-7-17(21)24/h1,5-7,14,16,25H,8-13H2,2-3H3,(H,26,28)(H,31,32)(H,27,29,30). The topological polar surface area (TPSA) is 112 Å². The summed E-state index contributed by atoms with van der Waals surface area (Å²) in [6.07, 6.45) is 7.08. The number of aromatic nitrogens is 1. The van der Waals surface area contributed by atoms with E-state index in [1.807, 2.05) is 26.0 Å². The number of para-hydroxylation sites is 1. The summed E-state index contributed by atoms with van der Waals surface area (Å²) in [4.78, 5) is 26.6. The van der Waals surface area contributed by atoms with Gasteiger partial charge in [-0.3, -0.25) is 9.79 Å². The van der Waals surface area contributed by atoms with Gasteiger partial charge in [-0.1, -0.05) is 41.0 Å². The highest BCUT2D eigenvalue weighted by molar-refractivity contribution is 7.17. The normalized spacial score (nSPS) is 16.5. The minimum absolute atomic E-state index is 0.119. The molecule has 0 aliphatic carbocycles. The second-order valence-electron chi connectivity index (χ2n) is 7.45. The van der Waals surface area contributed by atoms with Crippen LogP contribution in [-0.2, 0) is 4.74 Å². The number of benzene rings is 1. The van der Waals surface area contributed by atoms with Crippen LogP contribution in [0.2, 0.25) is 5.02 Å². The van der Waals surface area contributed by atoms with Crippen LogP contribution in [0, 0.1) is 19.3 Å². The first-order valence-electron chi connectivity index (χ1n) is 10.8. The van der Waals surface area contributed by atoms with E-state index < -0.39 is 0 Å². The Morgan fingerprint density at radius 1 is 1.44 bits per heavy atom. The van der Waals surface area contributed by atoms with Gasteiger partial charge in [0.25, 0.3) is 5.91 Å². The lowest BCUT2D eigenvalue weighted by Crippen LogP contribution is -2.40. The summed E-state index contributed by atoms with van der Waals surface area (Å²) in [5.74, 6) is 3.76. The van der Waals surface area contributed by atoms with Gasteiger partial charge < -0.3 is 26.0 Å². The fraction of sp³-hybridized carbons (Fsp3) is 0.391. The fourth-order valence-corrected chi connectivity index (χ4v) is 4.14. The zero-order chi connectivity index (χ0) is 24.3. The summed E-state index contributed by atoms with van der Waals surface area (Å²) < 4.78 is 5.21. The van der Waals surface area contributed by atoms with Crippen molar-refractivity contribution in [2.24, 2.45) is 9.98 Å². The maximum Gasteiger partial charge on any atom is 0.267 e. The van der Waals surface area contributed by atoms with Gasteiger partial charge in [0.2, 0.25) is 0 Å². The number of nitrogens with one attached hydrogen (secondary N) is 4. The molecule has 180 valence electrons. The molecule has 4 N–H and O–H groups in total. The minimum Gasteiger partial charge on any atom is -0.367 e. The number of hydrogen-bond donors (Lipinski definition) is 4. The van der Waals surface area contributed by atoms with Crippen molar-refractivity contribution < 1.29 is 9.53 Å². The third-order valence-electron chi connectivity index (χ3n) is 4.70. The maximum absolute atomic E-state index is 12.7. The Bertz CT molecular complexity index is 1070. The lowest BCUT2D eigenvalue weighted by Gasteiger charge is -2.22. The molecule has 3 rings (SSSR count). The van der Waals surface area contributed by atoms with Gasteiger partial charge in [-0.05, 0) is 25.5 Å². The number of rotatable bonds is 10. The smallest absolute Gasteiger partial charge is 0.267 e. The molecule has 0 saturated heterocycles. The summed E-state index contributed by atoms with van der Waals surface area (Å²) >= 11 is 7.46. The highest BCUT2D eigenvalue weighted by Crippen LogP contribution is 2.27. The van der Waals surface area contributed by atoms with Gasteiger partial charge in [0, 0.05) is 13.1 Å². The number of terminal acetylenes is 1. The van der Waals surface area contributed by atoms with Crippen LogP contribution in [0.5, 0.6) is 0 Å². The molecule has 0 radical (unpaired) electrons. The molecular formula is C23H28ClN7O2S. The quantitative estimate of drug-likeness (QED) is 0.294. The molecule has 2 heterocycles. The first-order chi connectivity index (χ1) is 16.5. The van der Waals surface area contributed by atoms with E-state index >= 15 is 0 Å². The molecule has 34 heavy (non-hydrogen) atoms. The fourth-order valence-electron chi connectivity index (χ4n) is 3.14. The van der Waals surface area contributed by atoms with Crippen molar-refractivity contribution in [3.8, 4) is 12.3 Å². The first-order valence-corrected chi connectivity index (χ1v) is 12.0. The van der Waals surface area contributed by atoms with Gasteiger partial charge >= 0.3 is 0 Å². The summed E-state index contributed by atoms with van der Waals surface area (Å²) in [6, 6.07) is 5.47. The number of aryl methyl sites for hydroxylation is 1. The molecule has 11 heteroatoms. The van der Waals surface area contributed by atoms with Crippen molar-refractivity contribution in [1.29, 1.82) is 0 Å². The molecule has 1 aromatic heterocycles. The highest BCUT2D eigenvalue weighted by Gasteiger charge is 2.18. The van der Waals surface area contributed by atoms with E-state index in [0.29, 0.717) is 46.9 Å². The van der Waals surface area contributed by atoms with Crippen LogP contribution in [0.3, 0.4) is 0 Å². The first kappa shape index (κ1) is 25.6. The lowest BCUT2D eigenvalue weighted by atomic mass is 10.2. The summed E-state index contributed by atoms with van der Waals surface area (Å²) in [5, 5.41) is 13.7. The largest absolute Gasteiger partial charge is 0.367 e. The second kappa shape index (κ2) is 13.1. The second-order valence-corrected chi connectivity index (χ2v) is 8.89. The van der Waals surface area contributed by atoms with Crippen LogP contribution in [0.4, 0.5) is 10.8 Å². The zero-order valence-corrected chi connectivity index (χ0v) is 20.7. The molecule has 0 fully saturated rings. The number of carbonyl (C=O) groups excluding carboxylic acids is 1. The highest BCUT2D eigenvalue weighted by atomic mass is 35.5. The predicted molar refractivity (Wildman–Crippen MR) is 139 cm³/mol. The van der Waals surface area contributed by atoms with Gasteiger partial charge in [0.05, 0.1) is 36.5 Å². The monoisotopic (exact) mass is 501 g/mol. The summed E-state index contributed by atoms with van der Waals surface area (Å²) in [6.45, 7) is 6.82. The maximum atomic E-state index is 12.7. The van der Waals surface area contributed by atoms with Crippen LogP contribution >= 0.6 is 22.9 Å². The number of carbonyl (C=O) groups is 1. The molecule has 1 unspecified atom stereocenters. The number of ether oxygens (including phenoxy) is 1. The van der Waals surface area contributed by atoms with Crippen LogP contribution in [0.1, 0.15) is 28.6 Å². The molecule has 1 amide bonds. The number of anilines is 2. The summed E-state index contributed by atoms with van der Waals surface area (Å²) in [7, 11) is 0. The van der Waals surface area contributed by atoms with E-state index in [-0.39, 0.29) is 12.1 Å². The van der Waals surface area contributed by atoms with E-state index in [0.717, 1.165) is 30.3 Å². The van der Waals surface area contributed by atoms with Gasteiger partial charge in [0.15, 0.2) is 5.13 Å². The lowest BCUT2D eigenvalue weighted by molar-refractivity contribution is 0.103. The van der Waals surface area contributed by atoms with Crippen LogP contribution < -0.4 is 21.3 Å². The molecular weight excluding hydrogens is 474 g/mol. The predicted octanol–water partition coefficient (Wildman–Crippen LogP) is 3.14. The number of nitrogens with zero attached hydrogens (tertiary/aromatic N) is 3. The number of halogens is 1. The van der Waals surface area contributed by atoms with Gasteiger partial charge in [-0.2, -0.15) is 0 Å². The van der Waals surface area contributed by atoms with E-state index in [1.54, 1.807) is 6.07 Å². The number of aliphatic imine (C=N–C) groups is 2. The van der Waals surface area contributed by atoms with Crippen molar-refractivity contribution in [2.75, 3.05) is 43.5 Å². The minimum atomic E-state index is -0.262. The van der Waals surface area contributed by atoms with Gasteiger partial charge in [0.1, 0.15) is 29.3 Å². The average Bonchev–Trinajstić information content (AvgIpc) is 3.26. The van der Waals surface area contributed by atoms with Crippen LogP contribution in [-0.4, -0.2) is 61.6 Å². The third-order valence-corrected chi connectivity index (χ3v) is 5.93. The van der Waals surface area contributed by atoms with Crippen LogP contribution in [0.25, 0.3) is 0 Å². The number of amides is 1. The van der Waals surface area contributed by atoms with E-state index in [4.69, 9.17) is 22.8 Å². The Morgan fingerprint density at radius 3 is 3.09 bits per heavy atom. The Hall–Kier alpha value is -2.97.